The Morgan fingerprint density at radius 3 is 2.00 bits per heavy atom. The number of aliphatic carboxylic acids is 2. The zero-order valence-electron chi connectivity index (χ0n) is 35.7. The van der Waals surface area contributed by atoms with Gasteiger partial charge in [0.05, 0.1) is 40.3 Å². The van der Waals surface area contributed by atoms with E-state index in [1.165, 1.54) is 16.7 Å². The molecule has 0 saturated heterocycles. The molecule has 1 atom stereocenters. The fourth-order valence-corrected chi connectivity index (χ4v) is 7.71. The fourth-order valence-electron chi connectivity index (χ4n) is 7.71. The summed E-state index contributed by atoms with van der Waals surface area (Å²) in [5.41, 5.74) is 11.9. The summed E-state index contributed by atoms with van der Waals surface area (Å²) in [4.78, 5) is 42.9. The third-order valence-corrected chi connectivity index (χ3v) is 11.1. The maximum atomic E-state index is 12.8. The van der Waals surface area contributed by atoms with Crippen LogP contribution in [0.15, 0.2) is 132 Å². The van der Waals surface area contributed by atoms with Crippen LogP contribution in [0, 0.1) is 6.92 Å². The summed E-state index contributed by atoms with van der Waals surface area (Å²) in [5, 5.41) is 48.8. The number of carboxylic acid groups (broad SMARTS) is 2. The van der Waals surface area contributed by atoms with Crippen molar-refractivity contribution in [1.82, 2.24) is 4.98 Å². The first-order valence-electron chi connectivity index (χ1n) is 20.3. The van der Waals surface area contributed by atoms with E-state index in [1.807, 2.05) is 32.9 Å². The van der Waals surface area contributed by atoms with E-state index in [-0.39, 0.29) is 54.0 Å². The molecule has 1 N–H and O–H groups in total. The standard InChI is InChI=1S/C49H58N4O6.Fe/c1-9-34-31(6)39-25-45-49(46(55)18-12-17-30(5)16-11-15-29(4)14-10-13-28(2)3)33(8)40(52-45)24-44-37(27-54)36(20-22-48(58)59)43(53-44)26-42-35(19-21-47(56)57)32(7)38(51-42)23-41(34)50-39;/h9,13,15,17,23-27,46,55H,1,10-12,14,16,18-22H2,2-8H3,(H4,50,51,52,53,54,56,57,58,59);/q;+3/p-4/b29-15+,30-17+,38-23?,39-25?,40-24?,41-23?,42-26?,43-26?,44-24?,45-25?;. The van der Waals surface area contributed by atoms with Crippen LogP contribution in [0.5, 0.6) is 0 Å². The number of aromatic nitrogens is 1. The zero-order chi connectivity index (χ0) is 43.0. The van der Waals surface area contributed by atoms with Gasteiger partial charge in [-0.25, -0.2) is 15.0 Å². The van der Waals surface area contributed by atoms with Crippen molar-refractivity contribution in [3.05, 3.63) is 138 Å². The van der Waals surface area contributed by atoms with Crippen LogP contribution in [-0.4, -0.2) is 40.3 Å². The second-order valence-electron chi connectivity index (χ2n) is 15.8. The fraction of sp³-hybridized carbons (Fsp3) is 0.367. The Kier molecular flexibility index (Phi) is 16.8. The Morgan fingerprint density at radius 2 is 1.37 bits per heavy atom. The molecule has 315 valence electrons. The number of hydrogen-bond donors (Lipinski definition) is 1. The van der Waals surface area contributed by atoms with E-state index in [0.717, 1.165) is 42.4 Å². The number of nitrogens with zero attached hydrogens (tertiary/aromatic N) is 4. The minimum absolute atomic E-state index is 0. The van der Waals surface area contributed by atoms with Crippen LogP contribution in [0.25, 0.3) is 12.2 Å². The van der Waals surface area contributed by atoms with Crippen molar-refractivity contribution in [3.8, 4) is 0 Å². The van der Waals surface area contributed by atoms with Gasteiger partial charge in [0.1, 0.15) is 0 Å². The summed E-state index contributed by atoms with van der Waals surface area (Å²) >= 11 is 0. The van der Waals surface area contributed by atoms with Crippen molar-refractivity contribution in [2.75, 3.05) is 0 Å². The molecule has 4 aliphatic rings. The minimum Gasteiger partial charge on any atom is -0.877 e. The number of carbonyl (C=O) groups is 2. The molecule has 4 aliphatic heterocycles. The molecule has 60 heavy (non-hydrogen) atoms. The van der Waals surface area contributed by atoms with Gasteiger partial charge in [0.15, 0.2) is 0 Å². The quantitative estimate of drug-likeness (QED) is 0.134. The molecule has 5 rings (SSSR count). The van der Waals surface area contributed by atoms with Crippen LogP contribution in [-0.2, 0) is 33.1 Å². The molecule has 0 spiro atoms. The number of aliphatic hydroxyl groups is 1. The van der Waals surface area contributed by atoms with E-state index in [9.17, 15) is 30.0 Å². The van der Waals surface area contributed by atoms with Gasteiger partial charge in [0, 0.05) is 23.1 Å². The van der Waals surface area contributed by atoms with Crippen LogP contribution in [0.4, 0.5) is 0 Å². The average Bonchev–Trinajstić information content (AvgIpc) is 3.85. The normalized spacial score (nSPS) is 17.7. The molecular weight excluding hydrogens is 796 g/mol. The number of allylic oxidation sites excluding steroid dienone is 15. The number of aliphatic imine (C=N–C) groups is 3. The number of hydrogen-bond acceptors (Lipinski definition) is 9. The minimum atomic E-state index is -1.28. The van der Waals surface area contributed by atoms with E-state index in [2.05, 4.69) is 52.5 Å². The maximum Gasteiger partial charge on any atom is 3.00 e. The molecule has 0 amide bonds. The first kappa shape index (κ1) is 47.3. The largest absolute Gasteiger partial charge is 3.00 e. The first-order chi connectivity index (χ1) is 28.1. The van der Waals surface area contributed by atoms with Gasteiger partial charge in [-0.1, -0.05) is 70.9 Å². The van der Waals surface area contributed by atoms with Crippen molar-refractivity contribution in [1.29, 1.82) is 0 Å². The summed E-state index contributed by atoms with van der Waals surface area (Å²) in [6.07, 6.45) is 19.9. The van der Waals surface area contributed by atoms with E-state index in [4.69, 9.17) is 20.0 Å². The van der Waals surface area contributed by atoms with Crippen LogP contribution in [0.2, 0.25) is 0 Å². The molecule has 1 aromatic rings. The second-order valence-corrected chi connectivity index (χ2v) is 15.8. The molecule has 10 nitrogen and oxygen atoms in total. The molecule has 0 fully saturated rings. The van der Waals surface area contributed by atoms with Gasteiger partial charge >= 0.3 is 17.1 Å². The van der Waals surface area contributed by atoms with Crippen LogP contribution in [0.3, 0.4) is 0 Å². The Balaban J connectivity index is 0.00000794. The summed E-state index contributed by atoms with van der Waals surface area (Å²) < 4.78 is 0. The number of rotatable bonds is 17. The van der Waals surface area contributed by atoms with E-state index < -0.39 is 18.0 Å². The Bertz CT molecular complexity index is 2450. The molecule has 0 saturated carbocycles. The molecule has 11 heteroatoms. The molecule has 1 unspecified atom stereocenters. The van der Waals surface area contributed by atoms with Crippen molar-refractivity contribution in [2.45, 2.75) is 119 Å². The molecule has 1 radical (unpaired) electrons. The predicted octanol–water partition coefficient (Wildman–Crippen LogP) is 4.75. The van der Waals surface area contributed by atoms with Crippen molar-refractivity contribution in [3.63, 3.8) is 0 Å². The maximum absolute atomic E-state index is 12.8. The van der Waals surface area contributed by atoms with E-state index in [1.54, 1.807) is 18.2 Å². The van der Waals surface area contributed by atoms with Gasteiger partial charge in [0.25, 0.3) is 0 Å². The number of carboxylic acids is 2. The number of aliphatic hydroxyl groups excluding tert-OH is 1. The molecule has 1 aromatic heterocycles. The number of carbonyl (C=O) groups excluding carboxylic acids is 2. The summed E-state index contributed by atoms with van der Waals surface area (Å²) in [7, 11) is 0. The Hall–Kier alpha value is -5.35. The second kappa shape index (κ2) is 21.3. The summed E-state index contributed by atoms with van der Waals surface area (Å²) in [5.74, 6) is -2.49. The molecule has 0 aromatic carbocycles. The van der Waals surface area contributed by atoms with Gasteiger partial charge < -0.3 is 35.0 Å². The molecule has 0 aliphatic carbocycles. The van der Waals surface area contributed by atoms with Gasteiger partial charge in [-0.15, -0.1) is 17.0 Å². The first-order valence-corrected chi connectivity index (χ1v) is 20.3. The summed E-state index contributed by atoms with van der Waals surface area (Å²) in [6, 6.07) is 0. The van der Waals surface area contributed by atoms with Crippen molar-refractivity contribution in [2.24, 2.45) is 15.0 Å². The molecule has 5 heterocycles. The smallest absolute Gasteiger partial charge is 0.877 e. The van der Waals surface area contributed by atoms with E-state index >= 15 is 0 Å². The Morgan fingerprint density at radius 1 is 0.767 bits per heavy atom. The van der Waals surface area contributed by atoms with Crippen molar-refractivity contribution < 1.29 is 47.1 Å². The van der Waals surface area contributed by atoms with Gasteiger partial charge in [-0.3, -0.25) is 0 Å². The van der Waals surface area contributed by atoms with E-state index in [0.29, 0.717) is 80.6 Å². The van der Waals surface area contributed by atoms with Gasteiger partial charge in [-0.05, 0) is 147 Å². The van der Waals surface area contributed by atoms with Crippen molar-refractivity contribution >= 4 is 41.2 Å². The van der Waals surface area contributed by atoms with Gasteiger partial charge in [0.2, 0.25) is 0 Å². The summed E-state index contributed by atoms with van der Waals surface area (Å²) in [6.45, 7) is 18.3. The monoisotopic (exact) mass is 850 g/mol. The third-order valence-electron chi connectivity index (χ3n) is 11.1. The van der Waals surface area contributed by atoms with Gasteiger partial charge in [-0.2, -0.15) is 0 Å². The molecular formula is C49H54FeN4O6-. The Labute approximate surface area is 364 Å². The third kappa shape index (κ3) is 11.5. The van der Waals surface area contributed by atoms with Crippen LogP contribution in [0.1, 0.15) is 110 Å². The molecule has 8 bridgehead atoms. The average molecular weight is 851 g/mol. The zero-order valence-corrected chi connectivity index (χ0v) is 36.8. The predicted molar refractivity (Wildman–Crippen MR) is 230 cm³/mol. The van der Waals surface area contributed by atoms with Crippen LogP contribution < -0.4 is 31.0 Å². The SMILES string of the molecule is C=CC1=C(C)C2=CC3=NC(=CC4=NC(=C(CCC(=O)[O-])C4=C[O-])C=c4[n-]c(c(C)c4CCC(=O)[O-])=CC1=N2)C(C)=C3C(O)CC/C=C(\C)CC/C=C(\C)CCC=C(C)C.[Fe+3]. The van der Waals surface area contributed by atoms with Crippen LogP contribution >= 0.6 is 0 Å². The topological polar surface area (TPSA) is 175 Å². The number of fused-ring (bicyclic) bond motifs is 5.